The van der Waals surface area contributed by atoms with Gasteiger partial charge in [0.15, 0.2) is 0 Å². The Morgan fingerprint density at radius 3 is 2.68 bits per heavy atom. The molecule has 1 aliphatic heterocycles. The summed E-state index contributed by atoms with van der Waals surface area (Å²) in [5, 5.41) is 9.17. The van der Waals surface area contributed by atoms with Crippen molar-refractivity contribution < 1.29 is 19.4 Å². The van der Waals surface area contributed by atoms with Gasteiger partial charge in [-0.25, -0.2) is 4.79 Å². The van der Waals surface area contributed by atoms with Crippen LogP contribution in [0.15, 0.2) is 24.3 Å². The third kappa shape index (κ3) is 4.07. The Labute approximate surface area is 130 Å². The Morgan fingerprint density at radius 2 is 2.05 bits per heavy atom. The van der Waals surface area contributed by atoms with Crippen molar-refractivity contribution in [2.75, 3.05) is 13.1 Å². The Morgan fingerprint density at radius 1 is 1.36 bits per heavy atom. The van der Waals surface area contributed by atoms with Crippen molar-refractivity contribution in [1.29, 1.82) is 0 Å². The van der Waals surface area contributed by atoms with Crippen LogP contribution in [-0.2, 0) is 16.0 Å². The Balaban J connectivity index is 2.00. The minimum Gasteiger partial charge on any atom is -0.478 e. The summed E-state index contributed by atoms with van der Waals surface area (Å²) in [6, 6.07) is 6.83. The van der Waals surface area contributed by atoms with Gasteiger partial charge in [0.25, 0.3) is 0 Å². The fourth-order valence-corrected chi connectivity index (χ4v) is 2.99. The van der Waals surface area contributed by atoms with Crippen molar-refractivity contribution in [3.63, 3.8) is 0 Å². The van der Waals surface area contributed by atoms with Gasteiger partial charge in [0.05, 0.1) is 17.3 Å². The zero-order valence-electron chi connectivity index (χ0n) is 13.3. The summed E-state index contributed by atoms with van der Waals surface area (Å²) >= 11 is 0. The smallest absolute Gasteiger partial charge is 0.335 e. The summed E-state index contributed by atoms with van der Waals surface area (Å²) in [5.74, 6) is -0.910. The van der Waals surface area contributed by atoms with Crippen molar-refractivity contribution in [2.45, 2.75) is 45.3 Å². The summed E-state index contributed by atoms with van der Waals surface area (Å²) in [6.45, 7) is 7.06. The van der Waals surface area contributed by atoms with E-state index in [0.29, 0.717) is 31.5 Å². The van der Waals surface area contributed by atoms with E-state index in [2.05, 4.69) is 0 Å². The van der Waals surface area contributed by atoms with Crippen molar-refractivity contribution >= 4 is 11.9 Å². The van der Waals surface area contributed by atoms with Crippen LogP contribution in [-0.4, -0.2) is 46.7 Å². The van der Waals surface area contributed by atoms with Gasteiger partial charge in [0, 0.05) is 19.5 Å². The molecule has 1 aromatic rings. The molecule has 1 aliphatic rings. The van der Waals surface area contributed by atoms with E-state index in [9.17, 15) is 14.7 Å². The molecule has 0 saturated carbocycles. The van der Waals surface area contributed by atoms with Crippen LogP contribution in [0.2, 0.25) is 0 Å². The van der Waals surface area contributed by atoms with Crippen LogP contribution in [0, 0.1) is 0 Å². The van der Waals surface area contributed by atoms with Gasteiger partial charge in [-0.15, -0.1) is 0 Å². The van der Waals surface area contributed by atoms with Crippen LogP contribution < -0.4 is 0 Å². The lowest BCUT2D eigenvalue weighted by Crippen LogP contribution is -2.53. The maximum Gasteiger partial charge on any atom is 0.335 e. The predicted octanol–water partition coefficient (Wildman–Crippen LogP) is 2.34. The zero-order valence-corrected chi connectivity index (χ0v) is 13.3. The maximum atomic E-state index is 12.4. The maximum absolute atomic E-state index is 12.4. The quantitative estimate of drug-likeness (QED) is 0.927. The molecule has 0 aliphatic carbocycles. The highest BCUT2D eigenvalue weighted by atomic mass is 16.5. The van der Waals surface area contributed by atoms with Crippen molar-refractivity contribution in [2.24, 2.45) is 0 Å². The van der Waals surface area contributed by atoms with E-state index < -0.39 is 5.97 Å². The summed E-state index contributed by atoms with van der Waals surface area (Å²) in [7, 11) is 0. The second kappa shape index (κ2) is 6.48. The Hall–Kier alpha value is -1.88. The van der Waals surface area contributed by atoms with Crippen molar-refractivity contribution in [1.82, 2.24) is 4.90 Å². The molecular formula is C17H23NO4. The number of morpholine rings is 1. The molecule has 1 aromatic carbocycles. The number of ether oxygens (including phenoxy) is 1. The van der Waals surface area contributed by atoms with E-state index in [1.807, 2.05) is 25.7 Å². The summed E-state index contributed by atoms with van der Waals surface area (Å²) < 4.78 is 5.80. The van der Waals surface area contributed by atoms with E-state index in [4.69, 9.17) is 4.74 Å². The molecule has 0 bridgehead atoms. The standard InChI is InChI=1S/C17H23NO4/c1-12-10-18(11-17(2,3)22-12)15(19)9-8-13-6-4-5-7-14(13)16(20)21/h4-7,12H,8-11H2,1-3H3,(H,20,21). The Kier molecular flexibility index (Phi) is 4.86. The molecule has 2 rings (SSSR count). The molecular weight excluding hydrogens is 282 g/mol. The molecule has 1 unspecified atom stereocenters. The number of aryl methyl sites for hydroxylation is 1. The van der Waals surface area contributed by atoms with E-state index in [1.165, 1.54) is 0 Å². The predicted molar refractivity (Wildman–Crippen MR) is 82.9 cm³/mol. The molecule has 5 heteroatoms. The van der Waals surface area contributed by atoms with Crippen LogP contribution in [0.4, 0.5) is 0 Å². The van der Waals surface area contributed by atoms with E-state index in [0.717, 1.165) is 0 Å². The first-order valence-electron chi connectivity index (χ1n) is 7.55. The molecule has 0 aromatic heterocycles. The van der Waals surface area contributed by atoms with Crippen LogP contribution >= 0.6 is 0 Å². The normalized spacial score (nSPS) is 20.7. The lowest BCUT2D eigenvalue weighted by atomic mass is 10.0. The summed E-state index contributed by atoms with van der Waals surface area (Å²) in [4.78, 5) is 25.4. The molecule has 22 heavy (non-hydrogen) atoms. The third-order valence-corrected chi connectivity index (χ3v) is 3.78. The summed E-state index contributed by atoms with van der Waals surface area (Å²) in [5.41, 5.74) is 0.627. The number of nitrogens with zero attached hydrogens (tertiary/aromatic N) is 1. The molecule has 1 heterocycles. The number of amides is 1. The van der Waals surface area contributed by atoms with E-state index in [1.54, 1.807) is 24.3 Å². The van der Waals surface area contributed by atoms with Gasteiger partial charge in [-0.05, 0) is 38.8 Å². The number of carbonyl (C=O) groups excluding carboxylic acids is 1. The first kappa shape index (κ1) is 16.5. The number of hydrogen-bond donors (Lipinski definition) is 1. The van der Waals surface area contributed by atoms with Gasteiger partial charge >= 0.3 is 5.97 Å². The van der Waals surface area contributed by atoms with Gasteiger partial charge in [-0.1, -0.05) is 18.2 Å². The van der Waals surface area contributed by atoms with Crippen molar-refractivity contribution in [3.05, 3.63) is 35.4 Å². The third-order valence-electron chi connectivity index (χ3n) is 3.78. The minimum absolute atomic E-state index is 0.0130. The number of rotatable bonds is 4. The van der Waals surface area contributed by atoms with E-state index >= 15 is 0 Å². The number of carboxylic acid groups (broad SMARTS) is 1. The topological polar surface area (TPSA) is 66.8 Å². The molecule has 5 nitrogen and oxygen atoms in total. The lowest BCUT2D eigenvalue weighted by molar-refractivity contribution is -0.158. The molecule has 0 spiro atoms. The highest BCUT2D eigenvalue weighted by Crippen LogP contribution is 2.22. The molecule has 1 saturated heterocycles. The molecule has 1 N–H and O–H groups in total. The van der Waals surface area contributed by atoms with Gasteiger partial charge < -0.3 is 14.7 Å². The number of aromatic carboxylic acids is 1. The average molecular weight is 305 g/mol. The number of carbonyl (C=O) groups is 2. The number of hydrogen-bond acceptors (Lipinski definition) is 3. The first-order chi connectivity index (χ1) is 10.3. The van der Waals surface area contributed by atoms with Crippen LogP contribution in [0.5, 0.6) is 0 Å². The molecule has 1 amide bonds. The largest absolute Gasteiger partial charge is 0.478 e. The second-order valence-electron chi connectivity index (χ2n) is 6.42. The minimum atomic E-state index is -0.954. The highest BCUT2D eigenvalue weighted by molar-refractivity contribution is 5.89. The number of carboxylic acids is 1. The number of benzene rings is 1. The second-order valence-corrected chi connectivity index (χ2v) is 6.42. The van der Waals surface area contributed by atoms with Crippen LogP contribution in [0.25, 0.3) is 0 Å². The zero-order chi connectivity index (χ0) is 16.3. The first-order valence-corrected chi connectivity index (χ1v) is 7.55. The van der Waals surface area contributed by atoms with Gasteiger partial charge in [0.2, 0.25) is 5.91 Å². The lowest BCUT2D eigenvalue weighted by Gasteiger charge is -2.41. The fourth-order valence-electron chi connectivity index (χ4n) is 2.99. The molecule has 120 valence electrons. The molecule has 0 radical (unpaired) electrons. The summed E-state index contributed by atoms with van der Waals surface area (Å²) in [6.07, 6.45) is 0.764. The molecule has 1 fully saturated rings. The monoisotopic (exact) mass is 305 g/mol. The van der Waals surface area contributed by atoms with Crippen LogP contribution in [0.3, 0.4) is 0 Å². The average Bonchev–Trinajstić information content (AvgIpc) is 2.42. The SMILES string of the molecule is CC1CN(C(=O)CCc2ccccc2C(=O)O)CC(C)(C)O1. The highest BCUT2D eigenvalue weighted by Gasteiger charge is 2.33. The fraction of sp³-hybridized carbons (Fsp3) is 0.529. The van der Waals surface area contributed by atoms with Gasteiger partial charge in [0.1, 0.15) is 0 Å². The van der Waals surface area contributed by atoms with E-state index in [-0.39, 0.29) is 23.2 Å². The van der Waals surface area contributed by atoms with Crippen molar-refractivity contribution in [3.8, 4) is 0 Å². The van der Waals surface area contributed by atoms with Gasteiger partial charge in [-0.3, -0.25) is 4.79 Å². The van der Waals surface area contributed by atoms with Crippen LogP contribution in [0.1, 0.15) is 43.1 Å². The molecule has 1 atom stereocenters. The Bertz CT molecular complexity index is 568. The van der Waals surface area contributed by atoms with Gasteiger partial charge in [-0.2, -0.15) is 0 Å².